The van der Waals surface area contributed by atoms with Gasteiger partial charge in [0.1, 0.15) is 11.5 Å². The van der Waals surface area contributed by atoms with Gasteiger partial charge in [0.25, 0.3) is 0 Å². The van der Waals surface area contributed by atoms with Gasteiger partial charge >= 0.3 is 0 Å². The van der Waals surface area contributed by atoms with Crippen molar-refractivity contribution in [3.05, 3.63) is 17.5 Å². The molecular weight excluding hydrogens is 206 g/mol. The normalized spacial score (nSPS) is 24.6. The topological polar surface area (TPSA) is 67.2 Å². The van der Waals surface area contributed by atoms with Gasteiger partial charge in [0.15, 0.2) is 0 Å². The van der Waals surface area contributed by atoms with Crippen LogP contribution in [0.3, 0.4) is 0 Å². The molecule has 1 fully saturated rings. The van der Waals surface area contributed by atoms with E-state index in [0.29, 0.717) is 12.5 Å². The third-order valence-electron chi connectivity index (χ3n) is 2.97. The van der Waals surface area contributed by atoms with Crippen molar-refractivity contribution in [1.82, 2.24) is 15.8 Å². The first-order chi connectivity index (χ1) is 7.66. The van der Waals surface area contributed by atoms with Crippen molar-refractivity contribution in [3.8, 4) is 0 Å². The predicted octanol–water partition coefficient (Wildman–Crippen LogP) is 0.455. The Kier molecular flexibility index (Phi) is 3.24. The van der Waals surface area contributed by atoms with E-state index in [-0.39, 0.29) is 11.8 Å². The summed E-state index contributed by atoms with van der Waals surface area (Å²) in [7, 11) is 0. The van der Waals surface area contributed by atoms with Crippen molar-refractivity contribution in [2.75, 3.05) is 13.1 Å². The highest BCUT2D eigenvalue weighted by Gasteiger charge is 2.29. The van der Waals surface area contributed by atoms with E-state index in [1.807, 2.05) is 13.0 Å². The maximum Gasteiger partial charge on any atom is 0.225 e. The molecule has 16 heavy (non-hydrogen) atoms. The van der Waals surface area contributed by atoms with Crippen LogP contribution < -0.4 is 10.6 Å². The zero-order valence-electron chi connectivity index (χ0n) is 9.62. The van der Waals surface area contributed by atoms with Gasteiger partial charge in [-0.25, -0.2) is 0 Å². The van der Waals surface area contributed by atoms with E-state index in [4.69, 9.17) is 4.52 Å². The standard InChI is InChI=1S/C11H17N3O2/c1-7-4-12-6-10(7)11(15)13-5-9-3-8(2)16-14-9/h3,7,10,12H,4-6H2,1-2H3,(H,13,15)/t7-,10-/m1/s1. The average molecular weight is 223 g/mol. The smallest absolute Gasteiger partial charge is 0.225 e. The molecule has 5 heteroatoms. The summed E-state index contributed by atoms with van der Waals surface area (Å²) in [6.07, 6.45) is 0. The molecule has 1 amide bonds. The van der Waals surface area contributed by atoms with E-state index in [1.165, 1.54) is 0 Å². The Balaban J connectivity index is 1.83. The van der Waals surface area contributed by atoms with Crippen LogP contribution in [0.4, 0.5) is 0 Å². The van der Waals surface area contributed by atoms with Gasteiger partial charge in [0.2, 0.25) is 5.91 Å². The van der Waals surface area contributed by atoms with Crippen LogP contribution in [0, 0.1) is 18.8 Å². The number of hydrogen-bond donors (Lipinski definition) is 2. The van der Waals surface area contributed by atoms with Gasteiger partial charge < -0.3 is 15.2 Å². The number of rotatable bonds is 3. The number of nitrogens with one attached hydrogen (secondary N) is 2. The summed E-state index contributed by atoms with van der Waals surface area (Å²) < 4.78 is 4.93. The summed E-state index contributed by atoms with van der Waals surface area (Å²) in [6, 6.07) is 1.83. The first kappa shape index (κ1) is 11.1. The zero-order valence-corrected chi connectivity index (χ0v) is 9.62. The molecule has 1 aliphatic heterocycles. The van der Waals surface area contributed by atoms with Crippen LogP contribution in [0.1, 0.15) is 18.4 Å². The van der Waals surface area contributed by atoms with Crippen molar-refractivity contribution in [1.29, 1.82) is 0 Å². The van der Waals surface area contributed by atoms with Crippen LogP contribution in [0.15, 0.2) is 10.6 Å². The molecule has 5 nitrogen and oxygen atoms in total. The van der Waals surface area contributed by atoms with Gasteiger partial charge in [-0.15, -0.1) is 0 Å². The maximum atomic E-state index is 11.8. The molecule has 0 bridgehead atoms. The number of hydrogen-bond acceptors (Lipinski definition) is 4. The minimum atomic E-state index is 0.0768. The number of carbonyl (C=O) groups excluding carboxylic acids is 1. The molecule has 0 unspecified atom stereocenters. The second kappa shape index (κ2) is 4.65. The minimum Gasteiger partial charge on any atom is -0.361 e. The third-order valence-corrected chi connectivity index (χ3v) is 2.97. The largest absolute Gasteiger partial charge is 0.361 e. The molecule has 0 aromatic carbocycles. The number of nitrogens with zero attached hydrogens (tertiary/aromatic N) is 1. The van der Waals surface area contributed by atoms with Crippen LogP contribution in [0.25, 0.3) is 0 Å². The zero-order chi connectivity index (χ0) is 11.5. The van der Waals surface area contributed by atoms with Crippen molar-refractivity contribution in [3.63, 3.8) is 0 Å². The second-order valence-electron chi connectivity index (χ2n) is 4.39. The average Bonchev–Trinajstić information content (AvgIpc) is 2.84. The molecule has 1 aromatic heterocycles. The Morgan fingerprint density at radius 3 is 3.06 bits per heavy atom. The van der Waals surface area contributed by atoms with Crippen molar-refractivity contribution < 1.29 is 9.32 Å². The van der Waals surface area contributed by atoms with E-state index in [1.54, 1.807) is 0 Å². The van der Waals surface area contributed by atoms with Crippen LogP contribution in [0.5, 0.6) is 0 Å². The predicted molar refractivity (Wildman–Crippen MR) is 58.6 cm³/mol. The molecule has 2 heterocycles. The summed E-state index contributed by atoms with van der Waals surface area (Å²) in [6.45, 7) is 6.05. The van der Waals surface area contributed by atoms with E-state index in [2.05, 4.69) is 22.7 Å². The Hall–Kier alpha value is -1.36. The van der Waals surface area contributed by atoms with Crippen molar-refractivity contribution in [2.24, 2.45) is 11.8 Å². The van der Waals surface area contributed by atoms with E-state index >= 15 is 0 Å². The van der Waals surface area contributed by atoms with E-state index in [0.717, 1.165) is 24.5 Å². The molecule has 2 N–H and O–H groups in total. The van der Waals surface area contributed by atoms with Crippen molar-refractivity contribution >= 4 is 5.91 Å². The van der Waals surface area contributed by atoms with Gasteiger partial charge in [-0.2, -0.15) is 0 Å². The fourth-order valence-electron chi connectivity index (χ4n) is 1.97. The summed E-state index contributed by atoms with van der Waals surface area (Å²) in [5.74, 6) is 1.34. The van der Waals surface area contributed by atoms with Gasteiger partial charge in [-0.05, 0) is 19.4 Å². The fourth-order valence-corrected chi connectivity index (χ4v) is 1.97. The molecule has 0 spiro atoms. The number of aromatic nitrogens is 1. The Morgan fingerprint density at radius 2 is 2.50 bits per heavy atom. The molecule has 2 atom stereocenters. The minimum absolute atomic E-state index is 0.0768. The molecule has 0 radical (unpaired) electrons. The summed E-state index contributed by atoms with van der Waals surface area (Å²) in [4.78, 5) is 11.8. The fraction of sp³-hybridized carbons (Fsp3) is 0.636. The number of amides is 1. The molecule has 2 rings (SSSR count). The summed E-state index contributed by atoms with van der Waals surface area (Å²) >= 11 is 0. The quantitative estimate of drug-likeness (QED) is 0.781. The molecule has 1 aliphatic rings. The number of carbonyl (C=O) groups is 1. The molecule has 1 aromatic rings. The second-order valence-corrected chi connectivity index (χ2v) is 4.39. The lowest BCUT2D eigenvalue weighted by Crippen LogP contribution is -2.33. The molecule has 0 aliphatic carbocycles. The first-order valence-electron chi connectivity index (χ1n) is 5.57. The van der Waals surface area contributed by atoms with Crippen LogP contribution in [-0.4, -0.2) is 24.2 Å². The highest BCUT2D eigenvalue weighted by Crippen LogP contribution is 2.15. The Bertz CT molecular complexity index is 375. The lowest BCUT2D eigenvalue weighted by Gasteiger charge is -2.13. The van der Waals surface area contributed by atoms with Gasteiger partial charge in [-0.1, -0.05) is 12.1 Å². The lowest BCUT2D eigenvalue weighted by molar-refractivity contribution is -0.125. The summed E-state index contributed by atoms with van der Waals surface area (Å²) in [5, 5.41) is 9.92. The third kappa shape index (κ3) is 2.41. The molecule has 88 valence electrons. The monoisotopic (exact) mass is 223 g/mol. The molecule has 0 saturated carbocycles. The van der Waals surface area contributed by atoms with Gasteiger partial charge in [-0.3, -0.25) is 4.79 Å². The Labute approximate surface area is 94.6 Å². The van der Waals surface area contributed by atoms with E-state index < -0.39 is 0 Å². The molecular formula is C11H17N3O2. The van der Waals surface area contributed by atoms with E-state index in [9.17, 15) is 4.79 Å². The van der Waals surface area contributed by atoms with Crippen molar-refractivity contribution in [2.45, 2.75) is 20.4 Å². The number of aryl methyl sites for hydroxylation is 1. The lowest BCUT2D eigenvalue weighted by atomic mass is 9.97. The SMILES string of the molecule is Cc1cc(CNC(=O)[C@@H]2CNC[C@H]2C)no1. The van der Waals surface area contributed by atoms with Gasteiger partial charge in [0, 0.05) is 12.6 Å². The first-order valence-corrected chi connectivity index (χ1v) is 5.57. The van der Waals surface area contributed by atoms with Gasteiger partial charge in [0.05, 0.1) is 12.5 Å². The highest BCUT2D eigenvalue weighted by molar-refractivity contribution is 5.79. The summed E-state index contributed by atoms with van der Waals surface area (Å²) in [5.41, 5.74) is 0.768. The maximum absolute atomic E-state index is 11.8. The highest BCUT2D eigenvalue weighted by atomic mass is 16.5. The Morgan fingerprint density at radius 1 is 1.69 bits per heavy atom. The van der Waals surface area contributed by atoms with Crippen LogP contribution in [-0.2, 0) is 11.3 Å². The molecule has 1 saturated heterocycles. The van der Waals surface area contributed by atoms with Crippen LogP contribution in [0.2, 0.25) is 0 Å². The van der Waals surface area contributed by atoms with Crippen LogP contribution >= 0.6 is 0 Å².